The number of carbonyl (C=O) groups excluding carboxylic acids is 1. The number of carbonyl (C=O) groups is 1. The van der Waals surface area contributed by atoms with Gasteiger partial charge in [0.05, 0.1) is 6.61 Å². The average molecular weight is 179 g/mol. The molecule has 0 amide bonds. The number of unbranched alkanes of at least 4 members (excludes halogenated alkanes) is 1. The smallest absolute Gasteiger partial charge is 0.168 e. The van der Waals surface area contributed by atoms with Crippen LogP contribution in [0.15, 0.2) is 18.3 Å². The molecule has 1 aromatic heterocycles. The fourth-order valence-electron chi connectivity index (χ4n) is 0.917. The molecule has 0 N–H and O–H groups in total. The average Bonchev–Trinajstić information content (AvgIpc) is 2.19. The summed E-state index contributed by atoms with van der Waals surface area (Å²) in [5.41, 5.74) is 0.411. The van der Waals surface area contributed by atoms with Crippen LogP contribution >= 0.6 is 0 Å². The number of aromatic nitrogens is 1. The lowest BCUT2D eigenvalue weighted by Gasteiger charge is -2.04. The van der Waals surface area contributed by atoms with E-state index in [0.29, 0.717) is 24.3 Å². The first-order valence-electron chi connectivity index (χ1n) is 4.41. The van der Waals surface area contributed by atoms with Crippen molar-refractivity contribution in [3.05, 3.63) is 24.0 Å². The third-order valence-corrected chi connectivity index (χ3v) is 1.64. The van der Waals surface area contributed by atoms with Crippen molar-refractivity contribution < 1.29 is 9.53 Å². The van der Waals surface area contributed by atoms with Crippen molar-refractivity contribution >= 4 is 6.29 Å². The first-order valence-corrected chi connectivity index (χ1v) is 4.41. The second kappa shape index (κ2) is 5.30. The Hall–Kier alpha value is -1.38. The number of hydrogen-bond donors (Lipinski definition) is 0. The molecule has 0 spiro atoms. The van der Waals surface area contributed by atoms with Crippen LogP contribution in [-0.4, -0.2) is 17.9 Å². The van der Waals surface area contributed by atoms with E-state index in [4.69, 9.17) is 4.74 Å². The van der Waals surface area contributed by atoms with Crippen LogP contribution in [0.1, 0.15) is 30.3 Å². The van der Waals surface area contributed by atoms with E-state index in [0.717, 1.165) is 12.8 Å². The summed E-state index contributed by atoms with van der Waals surface area (Å²) in [5.74, 6) is 0.713. The molecule has 1 heterocycles. The van der Waals surface area contributed by atoms with Crippen LogP contribution < -0.4 is 4.74 Å². The molecule has 0 aliphatic heterocycles. The van der Waals surface area contributed by atoms with Gasteiger partial charge in [0.1, 0.15) is 11.4 Å². The van der Waals surface area contributed by atoms with Gasteiger partial charge in [-0.2, -0.15) is 0 Å². The van der Waals surface area contributed by atoms with Crippen LogP contribution in [0.2, 0.25) is 0 Å². The molecule has 0 bridgehead atoms. The first-order chi connectivity index (χ1) is 6.36. The fourth-order valence-corrected chi connectivity index (χ4v) is 0.917. The molecule has 3 heteroatoms. The van der Waals surface area contributed by atoms with Gasteiger partial charge in [0.2, 0.25) is 0 Å². The van der Waals surface area contributed by atoms with E-state index in [1.807, 2.05) is 0 Å². The lowest BCUT2D eigenvalue weighted by Crippen LogP contribution is -1.97. The van der Waals surface area contributed by atoms with Gasteiger partial charge in [-0.3, -0.25) is 9.78 Å². The van der Waals surface area contributed by atoms with Crippen LogP contribution in [0, 0.1) is 0 Å². The number of nitrogens with zero attached hydrogens (tertiary/aromatic N) is 1. The van der Waals surface area contributed by atoms with Gasteiger partial charge in [-0.1, -0.05) is 13.3 Å². The fraction of sp³-hybridized carbons (Fsp3) is 0.400. The molecule has 0 unspecified atom stereocenters. The highest BCUT2D eigenvalue weighted by molar-refractivity contribution is 5.72. The molecule has 0 aliphatic carbocycles. The minimum absolute atomic E-state index is 0.411. The van der Waals surface area contributed by atoms with E-state index in [1.165, 1.54) is 0 Å². The van der Waals surface area contributed by atoms with Crippen molar-refractivity contribution in [2.75, 3.05) is 6.61 Å². The first kappa shape index (κ1) is 9.71. The van der Waals surface area contributed by atoms with Crippen molar-refractivity contribution in [3.8, 4) is 5.75 Å². The molecule has 0 radical (unpaired) electrons. The summed E-state index contributed by atoms with van der Waals surface area (Å²) < 4.78 is 5.39. The molecule has 0 aromatic carbocycles. The van der Waals surface area contributed by atoms with Crippen molar-refractivity contribution in [1.29, 1.82) is 0 Å². The molecule has 0 fully saturated rings. The second-order valence-electron chi connectivity index (χ2n) is 2.74. The van der Waals surface area contributed by atoms with Gasteiger partial charge in [0.15, 0.2) is 6.29 Å². The molecule has 70 valence electrons. The van der Waals surface area contributed by atoms with Crippen LogP contribution in [0.3, 0.4) is 0 Å². The van der Waals surface area contributed by atoms with E-state index in [9.17, 15) is 4.79 Å². The number of hydrogen-bond acceptors (Lipinski definition) is 3. The summed E-state index contributed by atoms with van der Waals surface area (Å²) in [7, 11) is 0. The van der Waals surface area contributed by atoms with E-state index in [1.54, 1.807) is 18.3 Å². The lowest BCUT2D eigenvalue weighted by atomic mass is 10.3. The lowest BCUT2D eigenvalue weighted by molar-refractivity contribution is 0.111. The Bertz CT molecular complexity index is 273. The van der Waals surface area contributed by atoms with Gasteiger partial charge in [-0.15, -0.1) is 0 Å². The molecule has 0 saturated heterocycles. The quantitative estimate of drug-likeness (QED) is 0.513. The molecule has 0 saturated carbocycles. The highest BCUT2D eigenvalue weighted by Crippen LogP contribution is 2.10. The van der Waals surface area contributed by atoms with Gasteiger partial charge >= 0.3 is 0 Å². The van der Waals surface area contributed by atoms with E-state index in [2.05, 4.69) is 11.9 Å². The van der Waals surface area contributed by atoms with Gasteiger partial charge in [0, 0.05) is 12.3 Å². The van der Waals surface area contributed by atoms with Gasteiger partial charge in [-0.05, 0) is 12.5 Å². The summed E-state index contributed by atoms with van der Waals surface area (Å²) in [5, 5.41) is 0. The minimum atomic E-state index is 0.411. The maximum atomic E-state index is 10.4. The van der Waals surface area contributed by atoms with Crippen LogP contribution in [-0.2, 0) is 0 Å². The maximum absolute atomic E-state index is 10.4. The molecular weight excluding hydrogens is 166 g/mol. The number of rotatable bonds is 5. The van der Waals surface area contributed by atoms with E-state index in [-0.39, 0.29) is 0 Å². The molecule has 0 aliphatic rings. The normalized spacial score (nSPS) is 9.62. The Balaban J connectivity index is 2.51. The van der Waals surface area contributed by atoms with E-state index >= 15 is 0 Å². The highest BCUT2D eigenvalue weighted by Gasteiger charge is 1.95. The summed E-state index contributed by atoms with van der Waals surface area (Å²) in [6.07, 6.45) is 4.42. The SMILES string of the molecule is CCCCOc1ccnc(C=O)c1. The standard InChI is InChI=1S/C10H13NO2/c1-2-3-6-13-10-4-5-11-9(7-10)8-12/h4-5,7-8H,2-3,6H2,1H3. The molecule has 1 aromatic rings. The van der Waals surface area contributed by atoms with Gasteiger partial charge < -0.3 is 4.74 Å². The monoisotopic (exact) mass is 179 g/mol. The van der Waals surface area contributed by atoms with Gasteiger partial charge in [0.25, 0.3) is 0 Å². The molecule has 1 rings (SSSR count). The largest absolute Gasteiger partial charge is 0.493 e. The third-order valence-electron chi connectivity index (χ3n) is 1.64. The van der Waals surface area contributed by atoms with Crippen molar-refractivity contribution in [2.24, 2.45) is 0 Å². The zero-order chi connectivity index (χ0) is 9.52. The molecular formula is C10H13NO2. The number of pyridine rings is 1. The second-order valence-corrected chi connectivity index (χ2v) is 2.74. The Morgan fingerprint density at radius 2 is 2.46 bits per heavy atom. The Morgan fingerprint density at radius 3 is 3.15 bits per heavy atom. The zero-order valence-corrected chi connectivity index (χ0v) is 7.69. The van der Waals surface area contributed by atoms with Crippen LogP contribution in [0.25, 0.3) is 0 Å². The van der Waals surface area contributed by atoms with Crippen molar-refractivity contribution in [1.82, 2.24) is 4.98 Å². The maximum Gasteiger partial charge on any atom is 0.168 e. The summed E-state index contributed by atoms with van der Waals surface area (Å²) in [6.45, 7) is 2.80. The summed E-state index contributed by atoms with van der Waals surface area (Å²) in [6, 6.07) is 3.39. The Kier molecular flexibility index (Phi) is 3.96. The predicted octanol–water partition coefficient (Wildman–Crippen LogP) is 2.07. The minimum Gasteiger partial charge on any atom is -0.493 e. The van der Waals surface area contributed by atoms with Crippen LogP contribution in [0.5, 0.6) is 5.75 Å². The molecule has 13 heavy (non-hydrogen) atoms. The molecule has 3 nitrogen and oxygen atoms in total. The number of ether oxygens (including phenoxy) is 1. The summed E-state index contributed by atoms with van der Waals surface area (Å²) >= 11 is 0. The molecule has 0 atom stereocenters. The predicted molar refractivity (Wildman–Crippen MR) is 50.0 cm³/mol. The Labute approximate surface area is 77.8 Å². The van der Waals surface area contributed by atoms with E-state index < -0.39 is 0 Å². The summed E-state index contributed by atoms with van der Waals surface area (Å²) in [4.78, 5) is 14.2. The zero-order valence-electron chi connectivity index (χ0n) is 7.69. The van der Waals surface area contributed by atoms with Crippen LogP contribution in [0.4, 0.5) is 0 Å². The van der Waals surface area contributed by atoms with Crippen molar-refractivity contribution in [2.45, 2.75) is 19.8 Å². The number of aldehydes is 1. The third kappa shape index (κ3) is 3.23. The highest BCUT2D eigenvalue weighted by atomic mass is 16.5. The topological polar surface area (TPSA) is 39.2 Å². The Morgan fingerprint density at radius 1 is 1.62 bits per heavy atom. The van der Waals surface area contributed by atoms with Crippen molar-refractivity contribution in [3.63, 3.8) is 0 Å². The van der Waals surface area contributed by atoms with Gasteiger partial charge in [-0.25, -0.2) is 0 Å².